The molecule has 0 spiro atoms. The Bertz CT molecular complexity index is 874. The monoisotopic (exact) mass is 413 g/mol. The molecule has 1 N–H and O–H groups in total. The fourth-order valence-electron chi connectivity index (χ4n) is 2.64. The minimum Gasteiger partial charge on any atom is -0.311 e. The third-order valence-electron chi connectivity index (χ3n) is 3.95. The van der Waals surface area contributed by atoms with E-state index in [2.05, 4.69) is 15.3 Å². The number of carbonyl (C=O) groups is 1. The number of hydrogen-bond acceptors (Lipinski definition) is 3. The van der Waals surface area contributed by atoms with Crippen molar-refractivity contribution in [1.82, 2.24) is 10.3 Å². The van der Waals surface area contributed by atoms with Crippen LogP contribution in [0, 0.1) is 0 Å². The number of alkyl halides is 5. The second-order valence-corrected chi connectivity index (χ2v) is 6.54. The van der Waals surface area contributed by atoms with E-state index in [9.17, 15) is 26.7 Å². The Balaban J connectivity index is 2.46. The van der Waals surface area contributed by atoms with Crippen molar-refractivity contribution in [3.05, 3.63) is 65.0 Å². The second-order valence-electron chi connectivity index (χ2n) is 6.54. The molecule has 0 bridgehead atoms. The van der Waals surface area contributed by atoms with Crippen LogP contribution in [0.3, 0.4) is 0 Å². The molecule has 0 fully saturated rings. The first kappa shape index (κ1) is 22.4. The van der Waals surface area contributed by atoms with Crippen molar-refractivity contribution in [2.75, 3.05) is 6.54 Å². The van der Waals surface area contributed by atoms with E-state index < -0.39 is 24.6 Å². The number of hydrogen-bond donors (Lipinski definition) is 1. The van der Waals surface area contributed by atoms with Crippen LogP contribution in [0.1, 0.15) is 36.2 Å². The molecular formula is C20H20F5N3O. The van der Waals surface area contributed by atoms with Crippen molar-refractivity contribution >= 4 is 11.7 Å². The van der Waals surface area contributed by atoms with Gasteiger partial charge in [-0.3, -0.25) is 14.8 Å². The van der Waals surface area contributed by atoms with Gasteiger partial charge in [0.15, 0.2) is 0 Å². The van der Waals surface area contributed by atoms with Crippen LogP contribution in [-0.2, 0) is 23.6 Å². The van der Waals surface area contributed by atoms with Crippen LogP contribution < -0.4 is 5.32 Å². The van der Waals surface area contributed by atoms with Crippen molar-refractivity contribution in [3.63, 3.8) is 0 Å². The number of halogens is 5. The van der Waals surface area contributed by atoms with Gasteiger partial charge in [0.25, 0.3) is 5.92 Å². The van der Waals surface area contributed by atoms with E-state index in [1.165, 1.54) is 12.1 Å². The van der Waals surface area contributed by atoms with Gasteiger partial charge in [-0.05, 0) is 36.6 Å². The number of aliphatic imine (C=N–C) groups is 1. The molecular weight excluding hydrogens is 393 g/mol. The highest BCUT2D eigenvalue weighted by molar-refractivity contribution is 6.08. The average Bonchev–Trinajstić information content (AvgIpc) is 2.62. The van der Waals surface area contributed by atoms with E-state index in [0.717, 1.165) is 19.9 Å². The lowest BCUT2D eigenvalue weighted by Gasteiger charge is -2.17. The molecule has 0 saturated heterocycles. The van der Waals surface area contributed by atoms with Crippen LogP contribution in [-0.4, -0.2) is 29.4 Å². The van der Waals surface area contributed by atoms with Crippen LogP contribution in [0.15, 0.2) is 47.6 Å². The van der Waals surface area contributed by atoms with E-state index in [1.54, 1.807) is 24.4 Å². The van der Waals surface area contributed by atoms with E-state index >= 15 is 0 Å². The predicted molar refractivity (Wildman–Crippen MR) is 98.9 cm³/mol. The fourth-order valence-corrected chi connectivity index (χ4v) is 2.64. The molecule has 0 unspecified atom stereocenters. The molecule has 1 aromatic carbocycles. The van der Waals surface area contributed by atoms with Gasteiger partial charge in [0.1, 0.15) is 12.4 Å². The summed E-state index contributed by atoms with van der Waals surface area (Å²) in [5.41, 5.74) is 0.911. The number of amides is 1. The van der Waals surface area contributed by atoms with Gasteiger partial charge in [0.2, 0.25) is 5.91 Å². The first-order valence-electron chi connectivity index (χ1n) is 8.76. The third kappa shape index (κ3) is 7.24. The predicted octanol–water partition coefficient (Wildman–Crippen LogP) is 4.42. The molecule has 1 aromatic heterocycles. The fraction of sp³-hybridized carbons (Fsp3) is 0.350. The summed E-state index contributed by atoms with van der Waals surface area (Å²) in [5.74, 6) is -4.06. The lowest BCUT2D eigenvalue weighted by atomic mass is 9.96. The molecule has 0 aliphatic carbocycles. The van der Waals surface area contributed by atoms with Gasteiger partial charge in [0.05, 0.1) is 0 Å². The van der Waals surface area contributed by atoms with E-state index in [4.69, 9.17) is 0 Å². The number of aromatic nitrogens is 1. The maximum absolute atomic E-state index is 13.8. The van der Waals surface area contributed by atoms with Crippen molar-refractivity contribution in [3.8, 4) is 0 Å². The number of nitrogens with zero attached hydrogens (tertiary/aromatic N) is 2. The summed E-state index contributed by atoms with van der Waals surface area (Å²) in [6, 6.07) is 8.85. The first-order valence-corrected chi connectivity index (χ1v) is 8.76. The molecule has 29 heavy (non-hydrogen) atoms. The van der Waals surface area contributed by atoms with Gasteiger partial charge in [-0.15, -0.1) is 0 Å². The molecule has 0 atom stereocenters. The number of pyridine rings is 1. The highest BCUT2D eigenvalue weighted by atomic mass is 19.4. The van der Waals surface area contributed by atoms with Gasteiger partial charge in [-0.25, -0.2) is 8.78 Å². The van der Waals surface area contributed by atoms with Gasteiger partial charge >= 0.3 is 6.18 Å². The number of nitrogens with one attached hydrogen (secondary N) is 1. The lowest BCUT2D eigenvalue weighted by molar-refractivity contribution is -0.119. The zero-order valence-corrected chi connectivity index (χ0v) is 15.9. The van der Waals surface area contributed by atoms with Gasteiger partial charge in [-0.1, -0.05) is 18.2 Å². The van der Waals surface area contributed by atoms with Crippen LogP contribution >= 0.6 is 0 Å². The zero-order chi connectivity index (χ0) is 21.7. The van der Waals surface area contributed by atoms with Crippen molar-refractivity contribution in [2.45, 2.75) is 38.8 Å². The van der Waals surface area contributed by atoms with Gasteiger partial charge in [0, 0.05) is 36.9 Å². The summed E-state index contributed by atoms with van der Waals surface area (Å²) in [5, 5.41) is 2.27. The Hall–Kier alpha value is -2.84. The topological polar surface area (TPSA) is 54.4 Å². The van der Waals surface area contributed by atoms with E-state index in [-0.39, 0.29) is 23.4 Å². The van der Waals surface area contributed by atoms with Gasteiger partial charge in [-0.2, -0.15) is 13.2 Å². The molecule has 2 aromatic rings. The normalized spacial score (nSPS) is 12.7. The highest BCUT2D eigenvalue weighted by Gasteiger charge is 2.28. The highest BCUT2D eigenvalue weighted by Crippen LogP contribution is 2.29. The molecule has 1 amide bonds. The summed E-state index contributed by atoms with van der Waals surface area (Å²) in [4.78, 5) is 19.1. The largest absolute Gasteiger partial charge is 0.408 e. The minimum atomic E-state index is -4.58. The number of carbonyl (C=O) groups excluding carboxylic acids is 1. The standard InChI is InChI=1S/C20H20F5N3O/c1-13(29)28-18(27-12-20(23,24)25)17-9-7-15(19(2,21)22)11-14(17)6-8-16-5-3-4-10-26-16/h3-5,7,9-11H,6,8,12H2,1-2H3,(H,27,28,29). The van der Waals surface area contributed by atoms with Crippen molar-refractivity contribution < 1.29 is 26.7 Å². The number of rotatable bonds is 6. The molecule has 0 saturated carbocycles. The molecule has 0 radical (unpaired) electrons. The third-order valence-corrected chi connectivity index (χ3v) is 3.95. The van der Waals surface area contributed by atoms with Crippen molar-refractivity contribution in [2.24, 2.45) is 4.99 Å². The quantitative estimate of drug-likeness (QED) is 0.433. The van der Waals surface area contributed by atoms with Gasteiger partial charge < -0.3 is 5.32 Å². The number of aryl methyl sites for hydroxylation is 2. The van der Waals surface area contributed by atoms with Crippen LogP contribution in [0.25, 0.3) is 0 Å². The number of benzene rings is 1. The smallest absolute Gasteiger partial charge is 0.311 e. The Morgan fingerprint density at radius 3 is 2.38 bits per heavy atom. The van der Waals surface area contributed by atoms with Crippen LogP contribution in [0.4, 0.5) is 22.0 Å². The van der Waals surface area contributed by atoms with Crippen molar-refractivity contribution in [1.29, 1.82) is 0 Å². The van der Waals surface area contributed by atoms with E-state index in [0.29, 0.717) is 17.7 Å². The SMILES string of the molecule is CC(=O)NC(=NCC(F)(F)F)c1ccc(C(C)(F)F)cc1CCc1ccccn1. The molecule has 1 heterocycles. The Morgan fingerprint density at radius 1 is 1.10 bits per heavy atom. The first-order chi connectivity index (χ1) is 13.5. The van der Waals surface area contributed by atoms with E-state index in [1.807, 2.05) is 0 Å². The second kappa shape index (κ2) is 9.11. The summed E-state index contributed by atoms with van der Waals surface area (Å²) >= 11 is 0. The molecule has 2 rings (SSSR count). The Labute approximate surface area is 164 Å². The Morgan fingerprint density at radius 2 is 1.83 bits per heavy atom. The number of amidine groups is 1. The molecule has 4 nitrogen and oxygen atoms in total. The lowest BCUT2D eigenvalue weighted by Crippen LogP contribution is -2.31. The summed E-state index contributed by atoms with van der Waals surface area (Å²) in [7, 11) is 0. The summed E-state index contributed by atoms with van der Waals surface area (Å²) in [6.07, 6.45) is -2.39. The molecule has 9 heteroatoms. The molecule has 156 valence electrons. The van der Waals surface area contributed by atoms with Crippen LogP contribution in [0.5, 0.6) is 0 Å². The summed E-state index contributed by atoms with van der Waals surface area (Å²) < 4.78 is 65.5. The Kier molecular flexibility index (Phi) is 7.05. The summed E-state index contributed by atoms with van der Waals surface area (Å²) in [6.45, 7) is 0.357. The zero-order valence-electron chi connectivity index (χ0n) is 15.9. The molecule has 0 aliphatic rings. The maximum Gasteiger partial charge on any atom is 0.408 e. The maximum atomic E-state index is 13.8. The average molecular weight is 413 g/mol. The molecule has 0 aliphatic heterocycles. The van der Waals surface area contributed by atoms with Crippen LogP contribution in [0.2, 0.25) is 0 Å². The minimum absolute atomic E-state index is 0.161.